The molecule has 8 aromatic rings. The monoisotopic (exact) mass is 482 g/mol. The first kappa shape index (κ1) is 20.0. The molecule has 0 radical (unpaired) electrons. The second kappa shape index (κ2) is 7.24. The minimum Gasteiger partial charge on any atom is -0.307 e. The number of aromatic nitrogens is 2. The fourth-order valence-corrected chi connectivity index (χ4v) is 6.67. The quantitative estimate of drug-likeness (QED) is 0.232. The van der Waals surface area contributed by atoms with Gasteiger partial charge in [0.15, 0.2) is 0 Å². The zero-order chi connectivity index (χ0) is 24.8. The topological polar surface area (TPSA) is 9.86 Å². The fraction of sp³-hybridized carbons (Fsp3) is 0. The van der Waals surface area contributed by atoms with Crippen molar-refractivity contribution in [1.29, 1.82) is 0 Å². The van der Waals surface area contributed by atoms with E-state index in [9.17, 15) is 0 Å². The smallest absolute Gasteiger partial charge is 0.0788 e. The molecule has 2 aromatic heterocycles. The highest BCUT2D eigenvalue weighted by Gasteiger charge is 2.21. The fourth-order valence-electron chi connectivity index (χ4n) is 6.67. The van der Waals surface area contributed by atoms with Gasteiger partial charge in [0, 0.05) is 32.9 Å². The van der Waals surface area contributed by atoms with Crippen molar-refractivity contribution in [3.05, 3.63) is 132 Å². The van der Waals surface area contributed by atoms with Crippen LogP contribution in [0, 0.1) is 0 Å². The van der Waals surface area contributed by atoms with Crippen LogP contribution in [-0.2, 0) is 0 Å². The molecule has 0 fully saturated rings. The summed E-state index contributed by atoms with van der Waals surface area (Å²) in [5, 5.41) is 7.72. The van der Waals surface area contributed by atoms with Crippen molar-refractivity contribution >= 4 is 66.5 Å². The standard InChI is InChI=1S/C36H22N2/c1-2-11-26(12-3-1)37-32-15-6-4-13-28(32)30-19-20-31-29-14-5-7-16-33(29)38(36(31)35(30)37)27-21-24-10-8-9-23-17-18-25(22-27)34(23)24/h1-22H. The van der Waals surface area contributed by atoms with Gasteiger partial charge in [0.25, 0.3) is 0 Å². The maximum Gasteiger partial charge on any atom is 0.0788 e. The van der Waals surface area contributed by atoms with Gasteiger partial charge in [-0.2, -0.15) is 0 Å². The summed E-state index contributed by atoms with van der Waals surface area (Å²) in [4.78, 5) is 0. The molecule has 2 heterocycles. The largest absolute Gasteiger partial charge is 0.307 e. The normalized spacial score (nSPS) is 12.6. The molecule has 9 rings (SSSR count). The van der Waals surface area contributed by atoms with Crippen LogP contribution in [0.4, 0.5) is 0 Å². The Bertz CT molecular complexity index is 2280. The lowest BCUT2D eigenvalue weighted by atomic mass is 10.0. The van der Waals surface area contributed by atoms with E-state index in [-0.39, 0.29) is 0 Å². The summed E-state index contributed by atoms with van der Waals surface area (Å²) in [5.41, 5.74) is 9.90. The number of hydrogen-bond acceptors (Lipinski definition) is 0. The zero-order valence-electron chi connectivity index (χ0n) is 20.6. The lowest BCUT2D eigenvalue weighted by Gasteiger charge is -2.14. The molecule has 176 valence electrons. The lowest BCUT2D eigenvalue weighted by molar-refractivity contribution is 1.15. The average molecular weight is 483 g/mol. The van der Waals surface area contributed by atoms with Crippen LogP contribution in [-0.4, -0.2) is 9.13 Å². The summed E-state index contributed by atoms with van der Waals surface area (Å²) in [6.45, 7) is 0. The van der Waals surface area contributed by atoms with Gasteiger partial charge in [0.2, 0.25) is 0 Å². The molecule has 6 aromatic carbocycles. The first-order valence-corrected chi connectivity index (χ1v) is 13.1. The van der Waals surface area contributed by atoms with Crippen molar-refractivity contribution < 1.29 is 0 Å². The highest BCUT2D eigenvalue weighted by molar-refractivity contribution is 6.24. The maximum atomic E-state index is 2.49. The molecule has 0 saturated carbocycles. The van der Waals surface area contributed by atoms with E-state index in [1.54, 1.807) is 0 Å². The predicted molar refractivity (Wildman–Crippen MR) is 162 cm³/mol. The summed E-state index contributed by atoms with van der Waals surface area (Å²) >= 11 is 0. The Morgan fingerprint density at radius 3 is 1.71 bits per heavy atom. The van der Waals surface area contributed by atoms with Gasteiger partial charge in [-0.15, -0.1) is 0 Å². The number of fused-ring (bicyclic) bond motifs is 7. The van der Waals surface area contributed by atoms with Gasteiger partial charge in [-0.25, -0.2) is 0 Å². The highest BCUT2D eigenvalue weighted by Crippen LogP contribution is 2.42. The highest BCUT2D eigenvalue weighted by atomic mass is 15.0. The Morgan fingerprint density at radius 2 is 1.00 bits per heavy atom. The summed E-state index contributed by atoms with van der Waals surface area (Å²) in [6, 6.07) is 44.3. The van der Waals surface area contributed by atoms with Crippen molar-refractivity contribution in [2.75, 3.05) is 0 Å². The average Bonchev–Trinajstić information content (AvgIpc) is 3.64. The molecular formula is C36H22N2. The van der Waals surface area contributed by atoms with Gasteiger partial charge in [0.05, 0.1) is 22.1 Å². The van der Waals surface area contributed by atoms with E-state index in [1.165, 1.54) is 76.9 Å². The number of benzene rings is 6. The van der Waals surface area contributed by atoms with E-state index in [1.807, 2.05) is 0 Å². The van der Waals surface area contributed by atoms with Crippen LogP contribution in [0.5, 0.6) is 0 Å². The van der Waals surface area contributed by atoms with E-state index in [0.29, 0.717) is 0 Å². The Morgan fingerprint density at radius 1 is 0.395 bits per heavy atom. The molecule has 2 nitrogen and oxygen atoms in total. The lowest BCUT2D eigenvalue weighted by Crippen LogP contribution is -1.99. The third-order valence-electron chi connectivity index (χ3n) is 8.21. The van der Waals surface area contributed by atoms with E-state index >= 15 is 0 Å². The molecule has 1 aliphatic rings. The van der Waals surface area contributed by atoms with Crippen LogP contribution in [0.3, 0.4) is 0 Å². The van der Waals surface area contributed by atoms with Crippen molar-refractivity contribution in [3.63, 3.8) is 0 Å². The third kappa shape index (κ3) is 2.51. The first-order chi connectivity index (χ1) is 18.9. The molecule has 0 N–H and O–H groups in total. The van der Waals surface area contributed by atoms with Gasteiger partial charge in [0.1, 0.15) is 0 Å². The van der Waals surface area contributed by atoms with E-state index in [2.05, 4.69) is 143 Å². The van der Waals surface area contributed by atoms with Crippen molar-refractivity contribution in [3.8, 4) is 11.4 Å². The minimum absolute atomic E-state index is 1.17. The van der Waals surface area contributed by atoms with Gasteiger partial charge in [-0.1, -0.05) is 97.1 Å². The second-order valence-electron chi connectivity index (χ2n) is 10.2. The second-order valence-corrected chi connectivity index (χ2v) is 10.2. The van der Waals surface area contributed by atoms with Crippen molar-refractivity contribution in [2.24, 2.45) is 0 Å². The van der Waals surface area contributed by atoms with Gasteiger partial charge < -0.3 is 9.13 Å². The molecule has 0 aliphatic heterocycles. The number of rotatable bonds is 2. The Labute approximate surface area is 219 Å². The molecule has 2 heteroatoms. The summed E-state index contributed by atoms with van der Waals surface area (Å²) in [6.07, 6.45) is 4.49. The van der Waals surface area contributed by atoms with E-state index in [0.717, 1.165) is 0 Å². The third-order valence-corrected chi connectivity index (χ3v) is 8.21. The molecule has 0 spiro atoms. The molecule has 0 saturated heterocycles. The molecule has 0 atom stereocenters. The molecule has 1 aliphatic carbocycles. The van der Waals surface area contributed by atoms with Crippen LogP contribution >= 0.6 is 0 Å². The van der Waals surface area contributed by atoms with Crippen molar-refractivity contribution in [1.82, 2.24) is 9.13 Å². The molecular weight excluding hydrogens is 460 g/mol. The van der Waals surface area contributed by atoms with Crippen LogP contribution in [0.15, 0.2) is 121 Å². The summed E-state index contributed by atoms with van der Waals surface area (Å²) < 4.78 is 4.93. The van der Waals surface area contributed by atoms with E-state index in [4.69, 9.17) is 0 Å². The molecule has 38 heavy (non-hydrogen) atoms. The van der Waals surface area contributed by atoms with Crippen LogP contribution in [0.25, 0.3) is 77.9 Å². The van der Waals surface area contributed by atoms with Crippen molar-refractivity contribution in [2.45, 2.75) is 0 Å². The summed E-state index contributed by atoms with van der Waals surface area (Å²) in [7, 11) is 0. The van der Waals surface area contributed by atoms with Crippen LogP contribution in [0.2, 0.25) is 0 Å². The summed E-state index contributed by atoms with van der Waals surface area (Å²) in [5.74, 6) is 0. The van der Waals surface area contributed by atoms with Crippen LogP contribution < -0.4 is 0 Å². The Balaban J connectivity index is 1.54. The number of para-hydroxylation sites is 3. The predicted octanol–water partition coefficient (Wildman–Crippen LogP) is 9.52. The van der Waals surface area contributed by atoms with E-state index < -0.39 is 0 Å². The molecule has 0 bridgehead atoms. The molecule has 0 unspecified atom stereocenters. The van der Waals surface area contributed by atoms with Gasteiger partial charge in [-0.3, -0.25) is 0 Å². The van der Waals surface area contributed by atoms with Gasteiger partial charge >= 0.3 is 0 Å². The minimum atomic E-state index is 1.17. The Kier molecular flexibility index (Phi) is 3.82. The Hall–Kier alpha value is -5.08. The number of nitrogens with zero attached hydrogens (tertiary/aromatic N) is 2. The SMILES string of the molecule is C1=Cc2cc(-n3c4ccccc4c4ccc5c6ccccc6n(-c6ccccc6)c5c43)cc3cccc1c23. The molecule has 0 amide bonds. The number of hydrogen-bond donors (Lipinski definition) is 0. The van der Waals surface area contributed by atoms with Crippen LogP contribution in [0.1, 0.15) is 11.1 Å². The first-order valence-electron chi connectivity index (χ1n) is 13.1. The zero-order valence-corrected chi connectivity index (χ0v) is 20.6. The maximum absolute atomic E-state index is 2.49. The van der Waals surface area contributed by atoms with Gasteiger partial charge in [-0.05, 0) is 58.3 Å².